The number of para-hydroxylation sites is 1. The Bertz CT molecular complexity index is 580. The number of rotatable bonds is 3. The number of aliphatic hydroxyl groups is 1. The molecule has 3 rings (SSSR count). The van der Waals surface area contributed by atoms with Gasteiger partial charge in [-0.05, 0) is 19.1 Å². The monoisotopic (exact) mass is 284 g/mol. The van der Waals surface area contributed by atoms with Crippen molar-refractivity contribution in [3.05, 3.63) is 48.3 Å². The zero-order valence-corrected chi connectivity index (χ0v) is 12.2. The number of hydrogen-bond donors (Lipinski definition) is 1. The van der Waals surface area contributed by atoms with Gasteiger partial charge in [-0.25, -0.2) is 9.97 Å². The predicted molar refractivity (Wildman–Crippen MR) is 83.5 cm³/mol. The second-order valence-corrected chi connectivity index (χ2v) is 5.26. The van der Waals surface area contributed by atoms with Crippen LogP contribution in [0.5, 0.6) is 0 Å². The van der Waals surface area contributed by atoms with Crippen LogP contribution in [0.3, 0.4) is 0 Å². The van der Waals surface area contributed by atoms with Crippen LogP contribution >= 0.6 is 0 Å². The molecule has 110 valence electrons. The molecule has 1 N–H and O–H groups in total. The van der Waals surface area contributed by atoms with Gasteiger partial charge in [-0.15, -0.1) is 0 Å². The quantitative estimate of drug-likeness (QED) is 0.932. The summed E-state index contributed by atoms with van der Waals surface area (Å²) < 4.78 is 0. The molecule has 1 fully saturated rings. The fraction of sp³-hybridized carbons (Fsp3) is 0.375. The van der Waals surface area contributed by atoms with E-state index in [4.69, 9.17) is 0 Å². The molecule has 1 aromatic heterocycles. The molecule has 0 amide bonds. The normalized spacial score (nSPS) is 16.9. The maximum Gasteiger partial charge on any atom is 0.225 e. The second kappa shape index (κ2) is 6.10. The molecule has 0 unspecified atom stereocenters. The number of aliphatic hydroxyl groups excluding tert-OH is 1. The van der Waals surface area contributed by atoms with E-state index in [1.165, 1.54) is 0 Å². The molecule has 1 aromatic carbocycles. The van der Waals surface area contributed by atoms with Crippen molar-refractivity contribution in [1.82, 2.24) is 9.97 Å². The van der Waals surface area contributed by atoms with Crippen molar-refractivity contribution in [2.24, 2.45) is 0 Å². The van der Waals surface area contributed by atoms with Gasteiger partial charge in [0.25, 0.3) is 0 Å². The summed E-state index contributed by atoms with van der Waals surface area (Å²) in [6.45, 7) is 5.40. The lowest BCUT2D eigenvalue weighted by molar-refractivity contribution is 0.199. The summed E-state index contributed by atoms with van der Waals surface area (Å²) in [5.41, 5.74) is 2.11. The molecule has 5 heteroatoms. The van der Waals surface area contributed by atoms with E-state index in [1.54, 1.807) is 12.4 Å². The molecule has 1 aliphatic rings. The molecule has 0 spiro atoms. The summed E-state index contributed by atoms with van der Waals surface area (Å²) in [7, 11) is 0. The Morgan fingerprint density at radius 2 is 1.57 bits per heavy atom. The first-order valence-corrected chi connectivity index (χ1v) is 7.29. The highest BCUT2D eigenvalue weighted by molar-refractivity contribution is 5.55. The summed E-state index contributed by atoms with van der Waals surface area (Å²) in [5.74, 6) is 0.793. The second-order valence-electron chi connectivity index (χ2n) is 5.26. The Morgan fingerprint density at radius 1 is 0.952 bits per heavy atom. The average molecular weight is 284 g/mol. The van der Waals surface area contributed by atoms with E-state index in [-0.39, 0.29) is 0 Å². The number of nitrogens with zero attached hydrogens (tertiary/aromatic N) is 4. The molecular weight excluding hydrogens is 264 g/mol. The van der Waals surface area contributed by atoms with Crippen LogP contribution in [0.25, 0.3) is 0 Å². The largest absolute Gasteiger partial charge is 0.389 e. The van der Waals surface area contributed by atoms with E-state index < -0.39 is 6.10 Å². The average Bonchev–Trinajstić information content (AvgIpc) is 2.56. The third kappa shape index (κ3) is 2.97. The van der Waals surface area contributed by atoms with Gasteiger partial charge in [0.1, 0.15) is 0 Å². The van der Waals surface area contributed by atoms with Crippen molar-refractivity contribution < 1.29 is 5.11 Å². The standard InChI is InChI=1S/C16H20N4O/c1-13(21)14-5-2-3-6-15(14)19-9-11-20(12-10-19)16-17-7-4-8-18-16/h2-8,13,21H,9-12H2,1H3/t13-/m0/s1. The summed E-state index contributed by atoms with van der Waals surface area (Å²) in [6, 6.07) is 9.90. The minimum Gasteiger partial charge on any atom is -0.389 e. The van der Waals surface area contributed by atoms with Crippen LogP contribution in [-0.2, 0) is 0 Å². The summed E-state index contributed by atoms with van der Waals surface area (Å²) >= 11 is 0. The highest BCUT2D eigenvalue weighted by Crippen LogP contribution is 2.27. The topological polar surface area (TPSA) is 52.5 Å². The number of aromatic nitrogens is 2. The number of piperazine rings is 1. The molecule has 0 bridgehead atoms. The van der Waals surface area contributed by atoms with Gasteiger partial charge in [0.2, 0.25) is 5.95 Å². The van der Waals surface area contributed by atoms with Crippen LogP contribution in [0.4, 0.5) is 11.6 Å². The third-order valence-corrected chi connectivity index (χ3v) is 3.84. The van der Waals surface area contributed by atoms with Crippen LogP contribution in [0.15, 0.2) is 42.7 Å². The van der Waals surface area contributed by atoms with Crippen LogP contribution in [-0.4, -0.2) is 41.3 Å². The summed E-state index contributed by atoms with van der Waals surface area (Å²) in [5, 5.41) is 9.91. The molecule has 1 aliphatic heterocycles. The van der Waals surface area contributed by atoms with Gasteiger partial charge in [-0.2, -0.15) is 0 Å². The molecular formula is C16H20N4O. The third-order valence-electron chi connectivity index (χ3n) is 3.84. The first-order valence-electron chi connectivity index (χ1n) is 7.29. The zero-order chi connectivity index (χ0) is 14.7. The molecule has 2 aromatic rings. The van der Waals surface area contributed by atoms with E-state index in [1.807, 2.05) is 31.2 Å². The van der Waals surface area contributed by atoms with Crippen molar-refractivity contribution in [1.29, 1.82) is 0 Å². The van der Waals surface area contributed by atoms with Gasteiger partial charge in [-0.1, -0.05) is 18.2 Å². The molecule has 1 atom stereocenters. The van der Waals surface area contributed by atoms with Crippen LogP contribution in [0.1, 0.15) is 18.6 Å². The van der Waals surface area contributed by atoms with E-state index in [0.29, 0.717) is 0 Å². The smallest absolute Gasteiger partial charge is 0.225 e. The minimum absolute atomic E-state index is 0.448. The SMILES string of the molecule is C[C@H](O)c1ccccc1N1CCN(c2ncccn2)CC1. The van der Waals surface area contributed by atoms with Gasteiger partial charge in [0.15, 0.2) is 0 Å². The van der Waals surface area contributed by atoms with Crippen LogP contribution < -0.4 is 9.80 Å². The Labute approximate surface area is 124 Å². The molecule has 0 aliphatic carbocycles. The van der Waals surface area contributed by atoms with Gasteiger partial charge >= 0.3 is 0 Å². The number of hydrogen-bond acceptors (Lipinski definition) is 5. The van der Waals surface area contributed by atoms with Gasteiger partial charge < -0.3 is 14.9 Å². The molecule has 1 saturated heterocycles. The maximum atomic E-state index is 9.91. The molecule has 21 heavy (non-hydrogen) atoms. The lowest BCUT2D eigenvalue weighted by Gasteiger charge is -2.37. The van der Waals surface area contributed by atoms with E-state index in [0.717, 1.165) is 43.4 Å². The molecule has 0 saturated carbocycles. The summed E-state index contributed by atoms with van der Waals surface area (Å²) in [6.07, 6.45) is 3.10. The Kier molecular flexibility index (Phi) is 4.01. The predicted octanol–water partition coefficient (Wildman–Crippen LogP) is 1.86. The molecule has 5 nitrogen and oxygen atoms in total. The fourth-order valence-electron chi connectivity index (χ4n) is 2.73. The van der Waals surface area contributed by atoms with E-state index >= 15 is 0 Å². The van der Waals surface area contributed by atoms with Crippen LogP contribution in [0, 0.1) is 0 Å². The lowest BCUT2D eigenvalue weighted by atomic mass is 10.1. The lowest BCUT2D eigenvalue weighted by Crippen LogP contribution is -2.47. The summed E-state index contributed by atoms with van der Waals surface area (Å²) in [4.78, 5) is 13.1. The first kappa shape index (κ1) is 13.8. The number of benzene rings is 1. The van der Waals surface area contributed by atoms with Crippen LogP contribution in [0.2, 0.25) is 0 Å². The maximum absolute atomic E-state index is 9.91. The highest BCUT2D eigenvalue weighted by atomic mass is 16.3. The van der Waals surface area contributed by atoms with Gasteiger partial charge in [0.05, 0.1) is 6.10 Å². The fourth-order valence-corrected chi connectivity index (χ4v) is 2.73. The Balaban J connectivity index is 1.72. The van der Waals surface area contributed by atoms with E-state index in [2.05, 4.69) is 25.8 Å². The minimum atomic E-state index is -0.448. The van der Waals surface area contributed by atoms with Crippen molar-refractivity contribution in [3.8, 4) is 0 Å². The van der Waals surface area contributed by atoms with Crippen molar-refractivity contribution in [2.75, 3.05) is 36.0 Å². The number of anilines is 2. The first-order chi connectivity index (χ1) is 10.3. The van der Waals surface area contributed by atoms with Crippen molar-refractivity contribution in [3.63, 3.8) is 0 Å². The van der Waals surface area contributed by atoms with Gasteiger partial charge in [0, 0.05) is 49.8 Å². The Morgan fingerprint density at radius 3 is 2.24 bits per heavy atom. The zero-order valence-electron chi connectivity index (χ0n) is 12.2. The van der Waals surface area contributed by atoms with Gasteiger partial charge in [-0.3, -0.25) is 0 Å². The molecule has 0 radical (unpaired) electrons. The van der Waals surface area contributed by atoms with Crippen molar-refractivity contribution in [2.45, 2.75) is 13.0 Å². The molecule has 2 heterocycles. The Hall–Kier alpha value is -2.14. The highest BCUT2D eigenvalue weighted by Gasteiger charge is 2.21. The van der Waals surface area contributed by atoms with E-state index in [9.17, 15) is 5.11 Å². The van der Waals surface area contributed by atoms with Crippen molar-refractivity contribution >= 4 is 11.6 Å².